The Morgan fingerprint density at radius 1 is 1.56 bits per heavy atom. The Balaban J connectivity index is 2.21. The largest absolute Gasteiger partial charge is 0.496 e. The van der Waals surface area contributed by atoms with Crippen molar-refractivity contribution < 1.29 is 4.74 Å². The molecule has 0 saturated heterocycles. The third-order valence-corrected chi connectivity index (χ3v) is 3.82. The number of hydrogen-bond acceptors (Lipinski definition) is 4. The molecule has 18 heavy (non-hydrogen) atoms. The number of hydrogen-bond donors (Lipinski definition) is 1. The fourth-order valence-electron chi connectivity index (χ4n) is 1.95. The van der Waals surface area contributed by atoms with Crippen molar-refractivity contribution in [3.05, 3.63) is 34.3 Å². The molecule has 0 aromatic carbocycles. The molecule has 1 unspecified atom stereocenters. The highest BCUT2D eigenvalue weighted by Crippen LogP contribution is 2.30. The summed E-state index contributed by atoms with van der Waals surface area (Å²) in [4.78, 5) is 1.24. The zero-order chi connectivity index (χ0) is 13.0. The number of aromatic nitrogens is 2. The Hall–Kier alpha value is -1.33. The van der Waals surface area contributed by atoms with Crippen molar-refractivity contribution in [1.82, 2.24) is 15.1 Å². The van der Waals surface area contributed by atoms with Gasteiger partial charge in [-0.25, -0.2) is 0 Å². The van der Waals surface area contributed by atoms with Gasteiger partial charge >= 0.3 is 0 Å². The molecule has 0 saturated carbocycles. The van der Waals surface area contributed by atoms with Crippen molar-refractivity contribution in [2.45, 2.75) is 25.9 Å². The highest BCUT2D eigenvalue weighted by atomic mass is 32.1. The predicted octanol–water partition coefficient (Wildman–Crippen LogP) is 2.67. The van der Waals surface area contributed by atoms with Gasteiger partial charge in [-0.15, -0.1) is 11.3 Å². The predicted molar refractivity (Wildman–Crippen MR) is 74.3 cm³/mol. The number of rotatable bonds is 6. The van der Waals surface area contributed by atoms with E-state index in [0.717, 1.165) is 18.7 Å². The molecular weight excluding hydrogens is 246 g/mol. The molecular formula is C13H19N3OS. The van der Waals surface area contributed by atoms with Crippen LogP contribution in [0.3, 0.4) is 0 Å². The van der Waals surface area contributed by atoms with Gasteiger partial charge in [-0.2, -0.15) is 5.10 Å². The molecule has 0 spiro atoms. The van der Waals surface area contributed by atoms with Gasteiger partial charge in [0.2, 0.25) is 0 Å². The summed E-state index contributed by atoms with van der Waals surface area (Å²) < 4.78 is 7.22. The quantitative estimate of drug-likeness (QED) is 0.873. The molecule has 2 aromatic rings. The molecule has 1 N–H and O–H groups in total. The third kappa shape index (κ3) is 2.73. The maximum Gasteiger partial charge on any atom is 0.129 e. The van der Waals surface area contributed by atoms with Gasteiger partial charge in [0.25, 0.3) is 0 Å². The van der Waals surface area contributed by atoms with Crippen LogP contribution in [0.4, 0.5) is 0 Å². The van der Waals surface area contributed by atoms with Crippen LogP contribution in [0.15, 0.2) is 23.8 Å². The molecule has 0 aliphatic heterocycles. The average Bonchev–Trinajstić information content (AvgIpc) is 3.01. The molecule has 0 aliphatic carbocycles. The minimum Gasteiger partial charge on any atom is -0.496 e. The van der Waals surface area contributed by atoms with Gasteiger partial charge in [0.1, 0.15) is 5.75 Å². The summed E-state index contributed by atoms with van der Waals surface area (Å²) in [6.45, 7) is 3.12. The topological polar surface area (TPSA) is 39.1 Å². The first-order valence-electron chi connectivity index (χ1n) is 6.10. The zero-order valence-corrected chi connectivity index (χ0v) is 11.8. The van der Waals surface area contributed by atoms with E-state index in [9.17, 15) is 0 Å². The Morgan fingerprint density at radius 3 is 3.00 bits per heavy atom. The lowest BCUT2D eigenvalue weighted by atomic mass is 10.1. The zero-order valence-electron chi connectivity index (χ0n) is 11.0. The van der Waals surface area contributed by atoms with Crippen molar-refractivity contribution in [3.8, 4) is 5.75 Å². The minimum absolute atomic E-state index is 0.185. The molecule has 2 aromatic heterocycles. The fourth-order valence-corrected chi connectivity index (χ4v) is 2.94. The summed E-state index contributed by atoms with van der Waals surface area (Å²) in [5.41, 5.74) is 1.19. The highest BCUT2D eigenvalue weighted by Gasteiger charge is 2.16. The average molecular weight is 265 g/mol. The second-order valence-electron chi connectivity index (χ2n) is 4.15. The normalized spacial score (nSPS) is 12.6. The second-order valence-corrected chi connectivity index (χ2v) is 5.09. The van der Waals surface area contributed by atoms with Gasteiger partial charge in [0.05, 0.1) is 19.3 Å². The summed E-state index contributed by atoms with van der Waals surface area (Å²) >= 11 is 1.70. The fraction of sp³-hybridized carbons (Fsp3) is 0.462. The van der Waals surface area contributed by atoms with E-state index >= 15 is 0 Å². The highest BCUT2D eigenvalue weighted by molar-refractivity contribution is 7.10. The smallest absolute Gasteiger partial charge is 0.129 e. The molecule has 4 nitrogen and oxygen atoms in total. The maximum atomic E-state index is 5.23. The van der Waals surface area contributed by atoms with Crippen LogP contribution in [0.25, 0.3) is 0 Å². The van der Waals surface area contributed by atoms with Crippen LogP contribution in [0.5, 0.6) is 5.75 Å². The van der Waals surface area contributed by atoms with Crippen molar-refractivity contribution in [1.29, 1.82) is 0 Å². The lowest BCUT2D eigenvalue weighted by Gasteiger charge is -2.11. The first kappa shape index (κ1) is 13.1. The van der Waals surface area contributed by atoms with E-state index in [0.29, 0.717) is 0 Å². The number of methoxy groups -OCH3 is 1. The molecule has 0 radical (unpaired) electrons. The van der Waals surface area contributed by atoms with E-state index < -0.39 is 0 Å². The molecule has 0 bridgehead atoms. The van der Waals surface area contributed by atoms with Crippen LogP contribution in [0, 0.1) is 0 Å². The Labute approximate surface area is 112 Å². The molecule has 0 amide bonds. The molecule has 2 rings (SSSR count). The first-order valence-corrected chi connectivity index (χ1v) is 6.98. The summed E-state index contributed by atoms with van der Waals surface area (Å²) in [6.07, 6.45) is 5.14. The number of nitrogens with one attached hydrogen (secondary N) is 1. The van der Waals surface area contributed by atoms with Gasteiger partial charge in [-0.05, 0) is 19.5 Å². The van der Waals surface area contributed by atoms with E-state index in [1.165, 1.54) is 10.4 Å². The number of nitrogens with zero attached hydrogens (tertiary/aromatic N) is 2. The summed E-state index contributed by atoms with van der Waals surface area (Å²) in [5.74, 6) is 0.913. The molecule has 2 heterocycles. The molecule has 98 valence electrons. The second kappa shape index (κ2) is 6.02. The molecule has 5 heteroatoms. The first-order chi connectivity index (χ1) is 8.78. The SMILES string of the molecule is CCCn1cc(C(NC)c2cc(OC)cs2)cn1. The number of aryl methyl sites for hydroxylation is 1. The van der Waals surface area contributed by atoms with Gasteiger partial charge in [0, 0.05) is 28.6 Å². The molecule has 0 aliphatic rings. The van der Waals surface area contributed by atoms with Crippen LogP contribution < -0.4 is 10.1 Å². The Bertz CT molecular complexity index is 492. The van der Waals surface area contributed by atoms with Crippen LogP contribution in [-0.2, 0) is 6.54 Å². The van der Waals surface area contributed by atoms with Crippen molar-refractivity contribution in [3.63, 3.8) is 0 Å². The van der Waals surface area contributed by atoms with Crippen molar-refractivity contribution >= 4 is 11.3 Å². The summed E-state index contributed by atoms with van der Waals surface area (Å²) in [6, 6.07) is 2.26. The van der Waals surface area contributed by atoms with Gasteiger partial charge < -0.3 is 10.1 Å². The van der Waals surface area contributed by atoms with Crippen molar-refractivity contribution in [2.75, 3.05) is 14.2 Å². The van der Waals surface area contributed by atoms with Crippen LogP contribution in [-0.4, -0.2) is 23.9 Å². The summed E-state index contributed by atoms with van der Waals surface area (Å²) in [7, 11) is 3.66. The third-order valence-electron chi connectivity index (χ3n) is 2.84. The number of thiophene rings is 1. The van der Waals surface area contributed by atoms with E-state index in [4.69, 9.17) is 4.74 Å². The van der Waals surface area contributed by atoms with E-state index in [2.05, 4.69) is 29.6 Å². The van der Waals surface area contributed by atoms with Crippen LogP contribution in [0.2, 0.25) is 0 Å². The standard InChI is InChI=1S/C13H19N3OS/c1-4-5-16-8-10(7-15-16)13(14-2)12-6-11(17-3)9-18-12/h6-9,13-14H,4-5H2,1-3H3. The molecule has 1 atom stereocenters. The van der Waals surface area contributed by atoms with Gasteiger partial charge in [0.15, 0.2) is 0 Å². The molecule has 0 fully saturated rings. The minimum atomic E-state index is 0.185. The monoisotopic (exact) mass is 265 g/mol. The van der Waals surface area contributed by atoms with Crippen LogP contribution in [0.1, 0.15) is 29.8 Å². The van der Waals surface area contributed by atoms with Gasteiger partial charge in [-0.1, -0.05) is 6.92 Å². The van der Waals surface area contributed by atoms with Gasteiger partial charge in [-0.3, -0.25) is 4.68 Å². The summed E-state index contributed by atoms with van der Waals surface area (Å²) in [5, 5.41) is 9.73. The van der Waals surface area contributed by atoms with E-state index in [-0.39, 0.29) is 6.04 Å². The van der Waals surface area contributed by atoms with E-state index in [1.54, 1.807) is 18.4 Å². The van der Waals surface area contributed by atoms with Crippen molar-refractivity contribution in [2.24, 2.45) is 0 Å². The number of ether oxygens (including phenoxy) is 1. The maximum absolute atomic E-state index is 5.23. The lowest BCUT2D eigenvalue weighted by Crippen LogP contribution is -2.15. The van der Waals surface area contributed by atoms with Crippen LogP contribution >= 0.6 is 11.3 Å². The Morgan fingerprint density at radius 2 is 2.39 bits per heavy atom. The lowest BCUT2D eigenvalue weighted by molar-refractivity contribution is 0.416. The Kier molecular flexibility index (Phi) is 4.38. The van der Waals surface area contributed by atoms with E-state index in [1.807, 2.05) is 23.3 Å².